The second-order valence-corrected chi connectivity index (χ2v) is 5.58. The molecule has 0 bridgehead atoms. The first-order valence-corrected chi connectivity index (χ1v) is 7.36. The summed E-state index contributed by atoms with van der Waals surface area (Å²) in [6.07, 6.45) is 0.188. The van der Waals surface area contributed by atoms with Crippen LogP contribution in [0.1, 0.15) is 5.56 Å². The summed E-state index contributed by atoms with van der Waals surface area (Å²) in [5.74, 6) is 0. The van der Waals surface area contributed by atoms with Crippen molar-refractivity contribution < 1.29 is 20.3 Å². The Balaban J connectivity index is 0.00000182. The molecule has 2 aliphatic heterocycles. The zero-order valence-corrected chi connectivity index (χ0v) is 13.2. The summed E-state index contributed by atoms with van der Waals surface area (Å²) in [7, 11) is 0. The highest BCUT2D eigenvalue weighted by atomic mass is 16.7. The van der Waals surface area contributed by atoms with Crippen molar-refractivity contribution in [1.29, 1.82) is 0 Å². The Morgan fingerprint density at radius 3 is 2.56 bits per heavy atom. The Hall–Kier alpha value is -3.30. The SMILES string of the molecule is Cc1ccc(N2N=[N+]3C(=CN([N+](=O)[O-])c4ccccc43)C2O)cc1.[OH-]. The molecule has 2 aromatic carbocycles. The third kappa shape index (κ3) is 2.51. The first kappa shape index (κ1) is 16.6. The number of anilines is 2. The molecule has 0 amide bonds. The molecule has 9 heteroatoms. The molecule has 1 atom stereocenters. The molecular weight excluding hydrogens is 326 g/mol. The molecule has 9 nitrogen and oxygen atoms in total. The zero-order chi connectivity index (χ0) is 16.8. The topological polar surface area (TPSA) is 115 Å². The first-order chi connectivity index (χ1) is 11.6. The normalized spacial score (nSPS) is 17.9. The average molecular weight is 341 g/mol. The molecule has 0 aliphatic carbocycles. The van der Waals surface area contributed by atoms with E-state index in [1.165, 1.54) is 15.9 Å². The van der Waals surface area contributed by atoms with Crippen LogP contribution in [0.5, 0.6) is 0 Å². The fourth-order valence-electron chi connectivity index (χ4n) is 2.80. The molecule has 0 spiro atoms. The van der Waals surface area contributed by atoms with Gasteiger partial charge in [-0.25, -0.2) is 10.1 Å². The monoisotopic (exact) mass is 341 g/mol. The number of aliphatic hydroxyl groups excluding tert-OH is 1. The van der Waals surface area contributed by atoms with Crippen molar-refractivity contribution in [2.45, 2.75) is 13.2 Å². The lowest BCUT2D eigenvalue weighted by Gasteiger charge is -2.17. The number of aliphatic hydroxyl groups is 1. The molecule has 0 aromatic heterocycles. The number of para-hydroxylation sites is 2. The second kappa shape index (κ2) is 5.96. The van der Waals surface area contributed by atoms with Crippen molar-refractivity contribution in [1.82, 2.24) is 0 Å². The van der Waals surface area contributed by atoms with E-state index >= 15 is 0 Å². The van der Waals surface area contributed by atoms with Gasteiger partial charge in [0.15, 0.2) is 22.1 Å². The smallest absolute Gasteiger partial charge is 0.288 e. The van der Waals surface area contributed by atoms with E-state index in [1.807, 2.05) is 31.2 Å². The van der Waals surface area contributed by atoms with E-state index in [9.17, 15) is 15.2 Å². The first-order valence-electron chi connectivity index (χ1n) is 7.36. The summed E-state index contributed by atoms with van der Waals surface area (Å²) in [6, 6.07) is 14.4. The molecule has 0 fully saturated rings. The molecular formula is C16H15N5O4. The summed E-state index contributed by atoms with van der Waals surface area (Å²) < 4.78 is 1.53. The molecule has 128 valence electrons. The number of hydrogen-bond donors (Lipinski definition) is 1. The van der Waals surface area contributed by atoms with E-state index in [0.29, 0.717) is 22.8 Å². The maximum Gasteiger partial charge on any atom is 0.288 e. The lowest BCUT2D eigenvalue weighted by Crippen LogP contribution is -2.33. The number of rotatable bonds is 2. The van der Waals surface area contributed by atoms with Crippen LogP contribution in [-0.2, 0) is 0 Å². The molecule has 2 heterocycles. The van der Waals surface area contributed by atoms with Gasteiger partial charge in [0, 0.05) is 0 Å². The molecule has 0 saturated carbocycles. The van der Waals surface area contributed by atoms with Gasteiger partial charge in [-0.3, -0.25) is 0 Å². The minimum absolute atomic E-state index is 0. The lowest BCUT2D eigenvalue weighted by atomic mass is 10.2. The largest absolute Gasteiger partial charge is 0.870 e. The predicted octanol–water partition coefficient (Wildman–Crippen LogP) is 2.52. The summed E-state index contributed by atoms with van der Waals surface area (Å²) in [5, 5.41) is 28.2. The van der Waals surface area contributed by atoms with Crippen molar-refractivity contribution in [3.63, 3.8) is 0 Å². The molecule has 2 aliphatic rings. The van der Waals surface area contributed by atoms with Crippen LogP contribution in [0.3, 0.4) is 0 Å². The Bertz CT molecular complexity index is 894. The molecule has 0 saturated heterocycles. The van der Waals surface area contributed by atoms with Crippen LogP contribution >= 0.6 is 0 Å². The maximum absolute atomic E-state index is 11.3. The van der Waals surface area contributed by atoms with Crippen LogP contribution in [0.15, 0.2) is 65.7 Å². The van der Waals surface area contributed by atoms with Gasteiger partial charge in [-0.05, 0) is 31.2 Å². The Kier molecular flexibility index (Phi) is 3.95. The molecule has 25 heavy (non-hydrogen) atoms. The molecule has 1 unspecified atom stereocenters. The fraction of sp³-hybridized carbons (Fsp3) is 0.125. The van der Waals surface area contributed by atoms with E-state index < -0.39 is 11.3 Å². The van der Waals surface area contributed by atoms with Crippen molar-refractivity contribution in [3.8, 4) is 0 Å². The zero-order valence-electron chi connectivity index (χ0n) is 13.2. The van der Waals surface area contributed by atoms with E-state index in [1.54, 1.807) is 24.3 Å². The van der Waals surface area contributed by atoms with E-state index in [2.05, 4.69) is 5.22 Å². The van der Waals surface area contributed by atoms with Gasteiger partial charge in [0.05, 0.1) is 5.22 Å². The Morgan fingerprint density at radius 1 is 1.20 bits per heavy atom. The van der Waals surface area contributed by atoms with Gasteiger partial charge in [-0.15, -0.1) is 0 Å². The minimum atomic E-state index is -1.11. The van der Waals surface area contributed by atoms with Crippen LogP contribution in [0.2, 0.25) is 0 Å². The van der Waals surface area contributed by atoms with Crippen molar-refractivity contribution in [3.05, 3.63) is 76.1 Å². The van der Waals surface area contributed by atoms with Gasteiger partial charge < -0.3 is 10.6 Å². The predicted molar refractivity (Wildman–Crippen MR) is 87.9 cm³/mol. The van der Waals surface area contributed by atoms with Gasteiger partial charge >= 0.3 is 0 Å². The number of aryl methyl sites for hydroxylation is 1. The average Bonchev–Trinajstić information content (AvgIpc) is 2.92. The number of hydrogen-bond acceptors (Lipinski definition) is 6. The van der Waals surface area contributed by atoms with Gasteiger partial charge in [-0.1, -0.05) is 44.5 Å². The molecule has 2 aromatic rings. The highest BCUT2D eigenvalue weighted by molar-refractivity contribution is 5.65. The molecule has 0 radical (unpaired) electrons. The number of nitro groups is 1. The van der Waals surface area contributed by atoms with Gasteiger partial charge in [0.2, 0.25) is 5.70 Å². The third-order valence-electron chi connectivity index (χ3n) is 4.01. The summed E-state index contributed by atoms with van der Waals surface area (Å²) in [5.41, 5.74) is 3.06. The third-order valence-corrected chi connectivity index (χ3v) is 4.01. The van der Waals surface area contributed by atoms with Gasteiger partial charge in [-0.2, -0.15) is 0 Å². The second-order valence-electron chi connectivity index (χ2n) is 5.58. The standard InChI is InChI=1S/C16H14N5O3.H2O/c1-11-6-8-12(9-7-11)19-16(22)15-10-18(21(23)24)13-4-2-3-5-14(13)20(15)17-19;/h2-10,16,22H,1H3;1H2/q+1;/p-1. The quantitative estimate of drug-likeness (QED) is 0.510. The highest BCUT2D eigenvalue weighted by Gasteiger charge is 2.46. The molecule has 4 rings (SSSR count). The van der Waals surface area contributed by atoms with Gasteiger partial charge in [0.25, 0.3) is 6.23 Å². The van der Waals surface area contributed by atoms with Crippen LogP contribution in [0, 0.1) is 17.0 Å². The van der Waals surface area contributed by atoms with Crippen LogP contribution in [0.4, 0.5) is 17.1 Å². The van der Waals surface area contributed by atoms with E-state index in [-0.39, 0.29) is 5.48 Å². The summed E-state index contributed by atoms with van der Waals surface area (Å²) in [6.45, 7) is 1.97. The van der Waals surface area contributed by atoms with Crippen molar-refractivity contribution in [2.24, 2.45) is 5.22 Å². The highest BCUT2D eigenvalue weighted by Crippen LogP contribution is 2.40. The Labute approximate surface area is 142 Å². The van der Waals surface area contributed by atoms with Crippen molar-refractivity contribution >= 4 is 17.1 Å². The summed E-state index contributed by atoms with van der Waals surface area (Å²) >= 11 is 0. The van der Waals surface area contributed by atoms with E-state index in [0.717, 1.165) is 10.6 Å². The maximum atomic E-state index is 11.3. The van der Waals surface area contributed by atoms with Crippen LogP contribution in [0.25, 0.3) is 0 Å². The number of nitrogens with zero attached hydrogens (tertiary/aromatic N) is 5. The lowest BCUT2D eigenvalue weighted by molar-refractivity contribution is -0.500. The van der Waals surface area contributed by atoms with Gasteiger partial charge in [0.1, 0.15) is 6.20 Å². The Morgan fingerprint density at radius 2 is 1.88 bits per heavy atom. The van der Waals surface area contributed by atoms with E-state index in [4.69, 9.17) is 0 Å². The van der Waals surface area contributed by atoms with Crippen LogP contribution in [-0.4, -0.2) is 26.5 Å². The number of fused-ring (bicyclic) bond motifs is 3. The van der Waals surface area contributed by atoms with Crippen molar-refractivity contribution in [2.75, 3.05) is 10.0 Å². The number of hydrazine groups is 1. The number of benzene rings is 2. The minimum Gasteiger partial charge on any atom is -0.870 e. The van der Waals surface area contributed by atoms with Crippen LogP contribution < -0.4 is 10.0 Å². The fourth-order valence-corrected chi connectivity index (χ4v) is 2.80. The summed E-state index contributed by atoms with van der Waals surface area (Å²) in [4.78, 5) is 11.3. The molecule has 2 N–H and O–H groups in total.